The smallest absolute Gasteiger partial charge is 0.164 e. The first-order valence-electron chi connectivity index (χ1n) is 17.9. The van der Waals surface area contributed by atoms with Crippen LogP contribution in [0.1, 0.15) is 20.3 Å². The molecule has 0 aliphatic carbocycles. The van der Waals surface area contributed by atoms with E-state index in [1.807, 2.05) is 78.9 Å². The zero-order valence-electron chi connectivity index (χ0n) is 29.4. The van der Waals surface area contributed by atoms with Gasteiger partial charge in [0.1, 0.15) is 17.0 Å². The van der Waals surface area contributed by atoms with Crippen molar-refractivity contribution in [3.63, 3.8) is 0 Å². The van der Waals surface area contributed by atoms with E-state index in [0.717, 1.165) is 84.3 Å². The average molecular weight is 686 g/mol. The van der Waals surface area contributed by atoms with Crippen molar-refractivity contribution in [3.05, 3.63) is 164 Å². The zero-order chi connectivity index (χ0) is 35.7. The molecule has 0 saturated heterocycles. The summed E-state index contributed by atoms with van der Waals surface area (Å²) in [6.45, 7) is 4.23. The lowest BCUT2D eigenvalue weighted by Gasteiger charge is -2.11. The molecule has 6 aromatic carbocycles. The summed E-state index contributed by atoms with van der Waals surface area (Å²) in [5, 5.41) is 1.96. The molecule has 6 nitrogen and oxygen atoms in total. The molecule has 0 bridgehead atoms. The number of imidazole rings is 1. The van der Waals surface area contributed by atoms with Gasteiger partial charge in [0.05, 0.1) is 11.0 Å². The van der Waals surface area contributed by atoms with Crippen LogP contribution < -0.4 is 0 Å². The Bertz CT molecular complexity index is 2760. The molecular formula is C47H35N5O. The predicted octanol–water partition coefficient (Wildman–Crippen LogP) is 12.3. The number of rotatable bonds is 8. The maximum absolute atomic E-state index is 6.46. The molecule has 0 radical (unpaired) electrons. The third-order valence-corrected chi connectivity index (χ3v) is 9.53. The first kappa shape index (κ1) is 32.0. The predicted molar refractivity (Wildman–Crippen MR) is 217 cm³/mol. The van der Waals surface area contributed by atoms with E-state index >= 15 is 0 Å². The van der Waals surface area contributed by atoms with Crippen LogP contribution in [-0.4, -0.2) is 24.5 Å². The summed E-state index contributed by atoms with van der Waals surface area (Å²) in [5.74, 6) is 2.74. The molecule has 0 fully saturated rings. The fourth-order valence-corrected chi connectivity index (χ4v) is 6.96. The van der Waals surface area contributed by atoms with Gasteiger partial charge in [0.25, 0.3) is 0 Å². The fraction of sp³-hybridized carbons (Fsp3) is 0.0638. The topological polar surface area (TPSA) is 69.6 Å². The molecule has 9 aromatic rings. The number of benzene rings is 6. The monoisotopic (exact) mass is 685 g/mol. The Hall–Kier alpha value is -6.92. The highest BCUT2D eigenvalue weighted by atomic mass is 16.3. The van der Waals surface area contributed by atoms with Gasteiger partial charge in [-0.3, -0.25) is 4.57 Å². The Kier molecular flexibility index (Phi) is 8.25. The minimum Gasteiger partial charge on any atom is -0.456 e. The highest BCUT2D eigenvalue weighted by Gasteiger charge is 2.20. The van der Waals surface area contributed by atoms with Gasteiger partial charge in [-0.15, -0.1) is 0 Å². The summed E-state index contributed by atoms with van der Waals surface area (Å²) >= 11 is 0. The first-order valence-corrected chi connectivity index (χ1v) is 17.9. The Labute approximate surface area is 307 Å². The fourth-order valence-electron chi connectivity index (χ4n) is 6.96. The van der Waals surface area contributed by atoms with Crippen molar-refractivity contribution in [2.24, 2.45) is 0 Å². The molecule has 0 amide bonds. The molecule has 6 heteroatoms. The summed E-state index contributed by atoms with van der Waals surface area (Å²) in [6.07, 6.45) is 7.46. The normalized spacial score (nSPS) is 12.1. The number of hydrogen-bond acceptors (Lipinski definition) is 5. The number of furan rings is 1. The molecule has 3 aromatic heterocycles. The number of nitrogens with zero attached hydrogens (tertiary/aromatic N) is 5. The molecule has 254 valence electrons. The molecule has 0 unspecified atom stereocenters. The number of allylic oxidation sites excluding steroid dienone is 4. The van der Waals surface area contributed by atoms with Gasteiger partial charge in [0.15, 0.2) is 17.5 Å². The van der Waals surface area contributed by atoms with Gasteiger partial charge in [-0.1, -0.05) is 134 Å². The highest BCUT2D eigenvalue weighted by Crippen LogP contribution is 2.39. The molecular weight excluding hydrogens is 651 g/mol. The van der Waals surface area contributed by atoms with Crippen molar-refractivity contribution < 1.29 is 4.42 Å². The third kappa shape index (κ3) is 5.90. The van der Waals surface area contributed by atoms with E-state index in [0.29, 0.717) is 17.5 Å². The molecule has 0 aliphatic heterocycles. The van der Waals surface area contributed by atoms with Crippen LogP contribution in [0.15, 0.2) is 168 Å². The van der Waals surface area contributed by atoms with Crippen molar-refractivity contribution in [1.82, 2.24) is 24.5 Å². The molecule has 53 heavy (non-hydrogen) atoms. The minimum absolute atomic E-state index is 0.592. The maximum atomic E-state index is 6.46. The van der Waals surface area contributed by atoms with Gasteiger partial charge < -0.3 is 4.42 Å². The highest BCUT2D eigenvalue weighted by molar-refractivity contribution is 6.13. The largest absolute Gasteiger partial charge is 0.456 e. The number of hydrogen-bond donors (Lipinski definition) is 0. The maximum Gasteiger partial charge on any atom is 0.164 e. The van der Waals surface area contributed by atoms with E-state index in [9.17, 15) is 0 Å². The standard InChI is InChI=1S/C47H35N5O/c1-3-5-22-36(4-2)52-40-30-35(25-27-39(40)48-47(52)33-20-13-8-14-21-33)34-26-28-41-38(29-34)43-37(23-15-24-42(43)53-41)46-50-44(31-16-9-6-10-17-31)49-45(51-46)32-18-11-7-12-19-32/h4-30H,3H2,1-2H3/b22-5-,36-4+. The molecule has 0 atom stereocenters. The van der Waals surface area contributed by atoms with Crippen LogP contribution in [0.3, 0.4) is 0 Å². The van der Waals surface area contributed by atoms with Crippen LogP contribution >= 0.6 is 0 Å². The second-order valence-electron chi connectivity index (χ2n) is 12.9. The van der Waals surface area contributed by atoms with Crippen molar-refractivity contribution in [1.29, 1.82) is 0 Å². The first-order chi connectivity index (χ1) is 26.2. The van der Waals surface area contributed by atoms with Crippen LogP contribution in [0.5, 0.6) is 0 Å². The lowest BCUT2D eigenvalue weighted by atomic mass is 10.00. The van der Waals surface area contributed by atoms with Crippen molar-refractivity contribution in [2.45, 2.75) is 20.3 Å². The lowest BCUT2D eigenvalue weighted by molar-refractivity contribution is 0.669. The second kappa shape index (κ2) is 13.7. The lowest BCUT2D eigenvalue weighted by Crippen LogP contribution is -2.00. The zero-order valence-corrected chi connectivity index (χ0v) is 29.4. The molecule has 0 spiro atoms. The van der Waals surface area contributed by atoms with E-state index in [2.05, 4.69) is 103 Å². The van der Waals surface area contributed by atoms with Gasteiger partial charge in [0.2, 0.25) is 0 Å². The van der Waals surface area contributed by atoms with E-state index in [4.69, 9.17) is 24.4 Å². The van der Waals surface area contributed by atoms with Gasteiger partial charge in [0, 0.05) is 38.7 Å². The third-order valence-electron chi connectivity index (χ3n) is 9.53. The van der Waals surface area contributed by atoms with Gasteiger partial charge >= 0.3 is 0 Å². The van der Waals surface area contributed by atoms with Gasteiger partial charge in [-0.05, 0) is 60.9 Å². The van der Waals surface area contributed by atoms with Crippen molar-refractivity contribution >= 4 is 38.7 Å². The Morgan fingerprint density at radius 2 is 1.21 bits per heavy atom. The molecule has 0 saturated carbocycles. The van der Waals surface area contributed by atoms with Crippen molar-refractivity contribution in [3.8, 4) is 56.7 Å². The average Bonchev–Trinajstić information content (AvgIpc) is 3.80. The van der Waals surface area contributed by atoms with E-state index in [1.165, 1.54) is 0 Å². The molecule has 9 rings (SSSR count). The van der Waals surface area contributed by atoms with Crippen LogP contribution in [0.2, 0.25) is 0 Å². The number of fused-ring (bicyclic) bond motifs is 4. The van der Waals surface area contributed by atoms with Crippen LogP contribution in [0.4, 0.5) is 0 Å². The quantitative estimate of drug-likeness (QED) is 0.149. The Balaban J connectivity index is 1.22. The van der Waals surface area contributed by atoms with Gasteiger partial charge in [-0.2, -0.15) is 0 Å². The van der Waals surface area contributed by atoms with Crippen LogP contribution in [0, 0.1) is 0 Å². The Morgan fingerprint density at radius 1 is 0.585 bits per heavy atom. The van der Waals surface area contributed by atoms with Crippen molar-refractivity contribution in [2.75, 3.05) is 0 Å². The Morgan fingerprint density at radius 3 is 1.87 bits per heavy atom. The van der Waals surface area contributed by atoms with Crippen LogP contribution in [0.25, 0.3) is 95.3 Å². The number of aromatic nitrogens is 5. The summed E-state index contributed by atoms with van der Waals surface area (Å²) in [7, 11) is 0. The summed E-state index contributed by atoms with van der Waals surface area (Å²) < 4.78 is 8.72. The SMILES string of the molecule is C/C=C(\C=C/CC)n1c(-c2ccccc2)nc2ccc(-c3ccc4oc5cccc(-c6nc(-c7ccccc7)nc(-c7ccccc7)n6)c5c4c3)cc21. The minimum atomic E-state index is 0.592. The van der Waals surface area contributed by atoms with E-state index in [1.54, 1.807) is 0 Å². The second-order valence-corrected chi connectivity index (χ2v) is 12.9. The molecule has 3 heterocycles. The molecule has 0 aliphatic rings. The summed E-state index contributed by atoms with van der Waals surface area (Å²) in [6, 6.07) is 49.5. The summed E-state index contributed by atoms with van der Waals surface area (Å²) in [5.41, 5.74) is 10.6. The van der Waals surface area contributed by atoms with E-state index < -0.39 is 0 Å². The molecule has 0 N–H and O–H groups in total. The van der Waals surface area contributed by atoms with Gasteiger partial charge in [-0.25, -0.2) is 19.9 Å². The summed E-state index contributed by atoms with van der Waals surface area (Å²) in [4.78, 5) is 20.1. The van der Waals surface area contributed by atoms with Crippen LogP contribution in [-0.2, 0) is 0 Å². The van der Waals surface area contributed by atoms with E-state index in [-0.39, 0.29) is 0 Å².